The summed E-state index contributed by atoms with van der Waals surface area (Å²) < 4.78 is 24.7. The maximum absolute atomic E-state index is 11.4. The first-order valence-electron chi connectivity index (χ1n) is 6.26. The largest absolute Gasteiger partial charge is 0.664 e. The van der Waals surface area contributed by atoms with Gasteiger partial charge in [0.05, 0.1) is 5.91 Å². The van der Waals surface area contributed by atoms with Gasteiger partial charge in [0.1, 0.15) is 6.73 Å². The predicted octanol–water partition coefficient (Wildman–Crippen LogP) is 1.90. The predicted molar refractivity (Wildman–Crippen MR) is 82.5 cm³/mol. The van der Waals surface area contributed by atoms with E-state index in [1.807, 2.05) is 10.8 Å². The Balaban J connectivity index is 0.000000427. The Morgan fingerprint density at radius 3 is 2.30 bits per heavy atom. The summed E-state index contributed by atoms with van der Waals surface area (Å²) in [7, 11) is -3.57. The molecule has 1 radical (unpaired) electrons. The van der Waals surface area contributed by atoms with Gasteiger partial charge in [0.15, 0.2) is 10.0 Å². The number of aliphatic hydroxyl groups excluding tert-OH is 1. The van der Waals surface area contributed by atoms with Gasteiger partial charge < -0.3 is 15.6 Å². The molecule has 2 rings (SSSR count). The van der Waals surface area contributed by atoms with Gasteiger partial charge in [-0.25, -0.2) is 8.42 Å². The molecule has 2 aromatic rings. The van der Waals surface area contributed by atoms with Crippen LogP contribution in [0.3, 0.4) is 0 Å². The van der Waals surface area contributed by atoms with Crippen molar-refractivity contribution in [2.45, 2.75) is 11.8 Å². The Morgan fingerprint density at radius 1 is 1.26 bits per heavy atom. The fourth-order valence-corrected chi connectivity index (χ4v) is 2.58. The number of aliphatic hydroxyl groups is 1. The molecule has 8 heteroatoms. The second-order valence-electron chi connectivity index (χ2n) is 4.19. The quantitative estimate of drug-likeness (QED) is 0.594. The number of hydrogen-bond donors (Lipinski definition) is 2. The normalized spacial score (nSPS) is 10.0. The molecule has 3 N–H and O–H groups in total. The van der Waals surface area contributed by atoms with Gasteiger partial charge in [-0.15, -0.1) is 5.56 Å². The molecule has 1 amide bonds. The molecule has 0 unspecified atom stereocenters. The smallest absolute Gasteiger partial charge is 0.195 e. The van der Waals surface area contributed by atoms with Crippen molar-refractivity contribution in [3.63, 3.8) is 0 Å². The topological polar surface area (TPSA) is 107 Å². The average molecular weight is 409 g/mol. The summed E-state index contributed by atoms with van der Waals surface area (Å²) in [5, 5.41) is 8.45. The number of hydrogen-bond acceptors (Lipinski definition) is 4. The van der Waals surface area contributed by atoms with Gasteiger partial charge in [0.25, 0.3) is 0 Å². The third kappa shape index (κ3) is 7.33. The summed E-state index contributed by atoms with van der Waals surface area (Å²) in [6.45, 7) is 1.08. The first-order chi connectivity index (χ1) is 10.4. The summed E-state index contributed by atoms with van der Waals surface area (Å²) in [4.78, 5) is 10.5. The van der Waals surface area contributed by atoms with Crippen molar-refractivity contribution in [3.8, 4) is 0 Å². The minimum Gasteiger partial charge on any atom is -0.664 e. The van der Waals surface area contributed by atoms with Crippen LogP contribution in [0.25, 0.3) is 5.73 Å². The van der Waals surface area contributed by atoms with Gasteiger partial charge in [0, 0.05) is 32.7 Å². The van der Waals surface area contributed by atoms with Crippen LogP contribution in [0.2, 0.25) is 0 Å². The molecule has 0 saturated carbocycles. The molecule has 2 aromatic carbocycles. The van der Waals surface area contributed by atoms with Crippen LogP contribution in [-0.4, -0.2) is 26.2 Å². The second kappa shape index (κ2) is 10.6. The molecule has 0 aromatic heterocycles. The van der Waals surface area contributed by atoms with E-state index in [1.54, 1.807) is 43.3 Å². The fraction of sp³-hybridized carbons (Fsp3) is 0.133. The zero-order valence-corrected chi connectivity index (χ0v) is 16.1. The van der Waals surface area contributed by atoms with Crippen LogP contribution < -0.4 is 4.72 Å². The molecule has 0 aliphatic heterocycles. The Morgan fingerprint density at radius 2 is 1.87 bits per heavy atom. The van der Waals surface area contributed by atoms with E-state index in [1.165, 1.54) is 6.07 Å². The summed E-state index contributed by atoms with van der Waals surface area (Å²) in [6, 6.07) is 15.8. The fourth-order valence-electron chi connectivity index (χ4n) is 1.53. The summed E-state index contributed by atoms with van der Waals surface area (Å²) in [5.74, 6) is -0.629. The zero-order chi connectivity index (χ0) is 16.6. The van der Waals surface area contributed by atoms with Crippen LogP contribution in [-0.2, 0) is 42.7 Å². The minimum atomic E-state index is -3.57. The average Bonchev–Trinajstić information content (AvgIpc) is 2.49. The van der Waals surface area contributed by atoms with Crippen LogP contribution in [0.1, 0.15) is 15.9 Å². The first-order valence-corrected chi connectivity index (χ1v) is 7.75. The third-order valence-corrected chi connectivity index (χ3v) is 4.14. The van der Waals surface area contributed by atoms with E-state index in [2.05, 4.69) is 6.07 Å². The van der Waals surface area contributed by atoms with E-state index in [9.17, 15) is 13.2 Å². The number of aryl methyl sites for hydroxylation is 1. The van der Waals surface area contributed by atoms with Crippen LogP contribution in [0.4, 0.5) is 0 Å². The SMILES string of the molecule is Cc1cc[c-]cc1S(=O)(=O)NCO.[NH-]C(=O)c1ccccc1.[Y]. The Kier molecular flexibility index (Phi) is 10.1. The van der Waals surface area contributed by atoms with E-state index in [4.69, 9.17) is 10.8 Å². The molecular weight excluding hydrogens is 393 g/mol. The molecule has 0 saturated heterocycles. The number of nitrogens with one attached hydrogen (secondary N) is 2. The molecule has 6 nitrogen and oxygen atoms in total. The van der Waals surface area contributed by atoms with E-state index < -0.39 is 22.7 Å². The van der Waals surface area contributed by atoms with E-state index in [0.29, 0.717) is 11.1 Å². The van der Waals surface area contributed by atoms with Crippen LogP contribution in [0.15, 0.2) is 53.4 Å². The molecule has 0 aliphatic rings. The number of sulfonamides is 1. The Hall–Kier alpha value is -1.12. The molecule has 0 atom stereocenters. The Bertz CT molecular complexity index is 721. The van der Waals surface area contributed by atoms with Crippen molar-refractivity contribution in [2.24, 2.45) is 0 Å². The first kappa shape index (κ1) is 21.9. The number of carbonyl (C=O) groups excluding carboxylic acids is 1. The van der Waals surface area contributed by atoms with E-state index >= 15 is 0 Å². The van der Waals surface area contributed by atoms with Crippen LogP contribution >= 0.6 is 0 Å². The maximum Gasteiger partial charge on any atom is 0.195 e. The van der Waals surface area contributed by atoms with Gasteiger partial charge >= 0.3 is 0 Å². The molecule has 0 spiro atoms. The van der Waals surface area contributed by atoms with Gasteiger partial charge in [-0.1, -0.05) is 37.3 Å². The molecule has 23 heavy (non-hydrogen) atoms. The van der Waals surface area contributed by atoms with Crippen molar-refractivity contribution in [1.29, 1.82) is 0 Å². The van der Waals surface area contributed by atoms with E-state index in [-0.39, 0.29) is 37.6 Å². The van der Waals surface area contributed by atoms with Gasteiger partial charge in [-0.3, -0.25) is 0 Å². The summed E-state index contributed by atoms with van der Waals surface area (Å²) in [5.41, 5.74) is 7.75. The van der Waals surface area contributed by atoms with Crippen molar-refractivity contribution in [2.75, 3.05) is 6.73 Å². The van der Waals surface area contributed by atoms with Gasteiger partial charge in [-0.2, -0.15) is 29.0 Å². The minimum absolute atomic E-state index is 0. The summed E-state index contributed by atoms with van der Waals surface area (Å²) in [6.07, 6.45) is 0. The Labute approximate surface area is 161 Å². The van der Waals surface area contributed by atoms with Crippen molar-refractivity contribution in [1.82, 2.24) is 4.72 Å². The summed E-state index contributed by atoms with van der Waals surface area (Å²) >= 11 is 0. The molecular formula is C15H16N2O4SY-2. The molecule has 0 heterocycles. The van der Waals surface area contributed by atoms with Crippen molar-refractivity contribution in [3.05, 3.63) is 71.5 Å². The van der Waals surface area contributed by atoms with Crippen LogP contribution in [0.5, 0.6) is 0 Å². The molecule has 0 bridgehead atoms. The second-order valence-corrected chi connectivity index (χ2v) is 5.93. The number of rotatable bonds is 4. The van der Waals surface area contributed by atoms with Gasteiger partial charge in [0.2, 0.25) is 0 Å². The third-order valence-electron chi connectivity index (χ3n) is 2.61. The number of amides is 1. The molecule has 121 valence electrons. The van der Waals surface area contributed by atoms with Crippen molar-refractivity contribution >= 4 is 15.9 Å². The number of carbonyl (C=O) groups is 1. The monoisotopic (exact) mass is 409 g/mol. The van der Waals surface area contributed by atoms with Crippen molar-refractivity contribution < 1.29 is 51.0 Å². The molecule has 0 fully saturated rings. The standard InChI is InChI=1S/C8H10NO3S.C7H7NO.Y/c1-7-4-2-3-5-8(7)13(11,12)9-6-10;8-7(9)6-4-2-1-3-5-6;/h2,4-5,9-10H,6H2,1H3;1-5H,(H2,8,9);/q-1;;/p-1. The molecule has 0 aliphatic carbocycles. The zero-order valence-electron chi connectivity index (χ0n) is 12.5. The van der Waals surface area contributed by atoms with Crippen LogP contribution in [0, 0.1) is 13.0 Å². The number of benzene rings is 2. The van der Waals surface area contributed by atoms with Gasteiger partial charge in [-0.05, 0) is 10.5 Å². The van der Waals surface area contributed by atoms with E-state index in [0.717, 1.165) is 0 Å². The maximum atomic E-state index is 11.4.